The summed E-state index contributed by atoms with van der Waals surface area (Å²) in [6, 6.07) is 0. The zero-order valence-corrected chi connectivity index (χ0v) is 10.8. The fourth-order valence-electron chi connectivity index (χ4n) is 2.88. The van der Waals surface area contributed by atoms with Gasteiger partial charge in [0.15, 0.2) is 11.6 Å². The molecule has 0 saturated heterocycles. The van der Waals surface area contributed by atoms with Crippen molar-refractivity contribution in [1.82, 2.24) is 25.3 Å². The third-order valence-corrected chi connectivity index (χ3v) is 4.17. The van der Waals surface area contributed by atoms with Crippen LogP contribution in [0.5, 0.6) is 0 Å². The number of H-pyrrole nitrogens is 1. The smallest absolute Gasteiger partial charge is 0.196 e. The van der Waals surface area contributed by atoms with Crippen molar-refractivity contribution in [2.45, 2.75) is 38.1 Å². The summed E-state index contributed by atoms with van der Waals surface area (Å²) in [5.41, 5.74) is 3.81. The van der Waals surface area contributed by atoms with E-state index in [1.54, 1.807) is 6.20 Å². The van der Waals surface area contributed by atoms with Crippen LogP contribution < -0.4 is 5.32 Å². The van der Waals surface area contributed by atoms with Crippen LogP contribution in [0.15, 0.2) is 12.4 Å². The number of nitrogens with one attached hydrogen (secondary N) is 2. The van der Waals surface area contributed by atoms with Crippen LogP contribution in [0.2, 0.25) is 0 Å². The molecule has 2 aromatic heterocycles. The topological polar surface area (TPSA) is 66.5 Å². The Bertz CT molecular complexity index is 586. The molecule has 1 aliphatic heterocycles. The van der Waals surface area contributed by atoms with Crippen molar-refractivity contribution in [2.75, 3.05) is 6.54 Å². The summed E-state index contributed by atoms with van der Waals surface area (Å²) in [6.07, 6.45) is 8.42. The van der Waals surface area contributed by atoms with Gasteiger partial charge in [0, 0.05) is 43.4 Å². The molecule has 0 spiro atoms. The molecule has 98 valence electrons. The Morgan fingerprint density at radius 1 is 1.21 bits per heavy atom. The maximum Gasteiger partial charge on any atom is 0.196 e. The predicted octanol–water partition coefficient (Wildman–Crippen LogP) is 1.78. The molecule has 4 rings (SSSR count). The standard InChI is InChI=1S/C14H17N5/c1-2-9(3-1)12-10-8-15-5-4-11(10)18-14(19-12)13-16-6-7-17-13/h6-7,9,15H,1-5,8H2,(H,16,17). The summed E-state index contributed by atoms with van der Waals surface area (Å²) in [7, 11) is 0. The Morgan fingerprint density at radius 2 is 2.16 bits per heavy atom. The van der Waals surface area contributed by atoms with Gasteiger partial charge in [0.2, 0.25) is 0 Å². The van der Waals surface area contributed by atoms with E-state index in [-0.39, 0.29) is 0 Å². The molecule has 2 aliphatic rings. The molecular weight excluding hydrogens is 238 g/mol. The van der Waals surface area contributed by atoms with Crippen LogP contribution in [-0.4, -0.2) is 26.5 Å². The van der Waals surface area contributed by atoms with Crippen LogP contribution in [0.1, 0.15) is 42.1 Å². The predicted molar refractivity (Wildman–Crippen MR) is 71.6 cm³/mol. The van der Waals surface area contributed by atoms with Gasteiger partial charge in [-0.05, 0) is 12.8 Å². The van der Waals surface area contributed by atoms with Gasteiger partial charge < -0.3 is 10.3 Å². The molecule has 19 heavy (non-hydrogen) atoms. The zero-order chi connectivity index (χ0) is 12.7. The van der Waals surface area contributed by atoms with Gasteiger partial charge in [-0.2, -0.15) is 0 Å². The minimum Gasteiger partial charge on any atom is -0.342 e. The summed E-state index contributed by atoms with van der Waals surface area (Å²) in [5, 5.41) is 3.44. The Balaban J connectivity index is 1.85. The molecule has 0 unspecified atom stereocenters. The quantitative estimate of drug-likeness (QED) is 0.858. The normalized spacial score (nSPS) is 18.9. The van der Waals surface area contributed by atoms with E-state index in [1.165, 1.54) is 36.2 Å². The van der Waals surface area contributed by atoms with Crippen LogP contribution in [-0.2, 0) is 13.0 Å². The van der Waals surface area contributed by atoms with Crippen LogP contribution >= 0.6 is 0 Å². The fourth-order valence-corrected chi connectivity index (χ4v) is 2.88. The van der Waals surface area contributed by atoms with E-state index in [4.69, 9.17) is 9.97 Å². The molecule has 0 bridgehead atoms. The van der Waals surface area contributed by atoms with Gasteiger partial charge in [-0.1, -0.05) is 6.42 Å². The molecule has 5 nitrogen and oxygen atoms in total. The fraction of sp³-hybridized carbons (Fsp3) is 0.500. The lowest BCUT2D eigenvalue weighted by Crippen LogP contribution is -2.28. The van der Waals surface area contributed by atoms with E-state index in [1.807, 2.05) is 6.20 Å². The number of aromatic amines is 1. The molecule has 1 saturated carbocycles. The highest BCUT2D eigenvalue weighted by molar-refractivity contribution is 5.46. The van der Waals surface area contributed by atoms with E-state index in [0.717, 1.165) is 31.2 Å². The molecule has 2 aromatic rings. The maximum atomic E-state index is 4.81. The molecule has 0 atom stereocenters. The molecule has 5 heteroatoms. The van der Waals surface area contributed by atoms with Crippen LogP contribution in [0.3, 0.4) is 0 Å². The first-order chi connectivity index (χ1) is 9.42. The first-order valence-corrected chi connectivity index (χ1v) is 7.02. The summed E-state index contributed by atoms with van der Waals surface area (Å²) < 4.78 is 0. The minimum absolute atomic E-state index is 0.630. The second-order valence-corrected chi connectivity index (χ2v) is 5.35. The van der Waals surface area contributed by atoms with Crippen molar-refractivity contribution in [3.05, 3.63) is 29.3 Å². The van der Waals surface area contributed by atoms with E-state index in [9.17, 15) is 0 Å². The number of aromatic nitrogens is 4. The van der Waals surface area contributed by atoms with Gasteiger partial charge in [-0.25, -0.2) is 15.0 Å². The summed E-state index contributed by atoms with van der Waals surface area (Å²) in [4.78, 5) is 16.9. The van der Waals surface area contributed by atoms with E-state index >= 15 is 0 Å². The second-order valence-electron chi connectivity index (χ2n) is 5.35. The summed E-state index contributed by atoms with van der Waals surface area (Å²) in [5.74, 6) is 2.17. The van der Waals surface area contributed by atoms with Crippen molar-refractivity contribution in [3.8, 4) is 11.6 Å². The van der Waals surface area contributed by atoms with Crippen molar-refractivity contribution >= 4 is 0 Å². The van der Waals surface area contributed by atoms with Crippen molar-refractivity contribution < 1.29 is 0 Å². The monoisotopic (exact) mass is 255 g/mol. The van der Waals surface area contributed by atoms with E-state index < -0.39 is 0 Å². The Hall–Kier alpha value is -1.75. The van der Waals surface area contributed by atoms with Gasteiger partial charge in [0.25, 0.3) is 0 Å². The molecule has 0 aromatic carbocycles. The third kappa shape index (κ3) is 1.85. The van der Waals surface area contributed by atoms with Gasteiger partial charge in [-0.15, -0.1) is 0 Å². The Morgan fingerprint density at radius 3 is 2.89 bits per heavy atom. The average molecular weight is 255 g/mol. The van der Waals surface area contributed by atoms with Crippen molar-refractivity contribution in [1.29, 1.82) is 0 Å². The van der Waals surface area contributed by atoms with Gasteiger partial charge >= 0.3 is 0 Å². The molecule has 1 fully saturated rings. The first kappa shape index (κ1) is 11.1. The van der Waals surface area contributed by atoms with Crippen molar-refractivity contribution in [2.24, 2.45) is 0 Å². The van der Waals surface area contributed by atoms with Crippen molar-refractivity contribution in [3.63, 3.8) is 0 Å². The first-order valence-electron chi connectivity index (χ1n) is 7.02. The lowest BCUT2D eigenvalue weighted by molar-refractivity contribution is 0.404. The minimum atomic E-state index is 0.630. The van der Waals surface area contributed by atoms with Gasteiger partial charge in [0.1, 0.15) is 0 Å². The number of rotatable bonds is 2. The second kappa shape index (κ2) is 4.42. The maximum absolute atomic E-state index is 4.81. The molecule has 0 amide bonds. The number of hydrogen-bond acceptors (Lipinski definition) is 4. The van der Waals surface area contributed by atoms with Gasteiger partial charge in [0.05, 0.1) is 11.4 Å². The SMILES string of the molecule is c1c[nH]c(-c2nc3c(c(C4CCC4)n2)CNCC3)n1. The number of nitrogens with zero attached hydrogens (tertiary/aromatic N) is 3. The van der Waals surface area contributed by atoms with Crippen LogP contribution in [0, 0.1) is 0 Å². The highest BCUT2D eigenvalue weighted by atomic mass is 15.0. The molecule has 1 aliphatic carbocycles. The molecule has 3 heterocycles. The number of fused-ring (bicyclic) bond motifs is 1. The lowest BCUT2D eigenvalue weighted by Gasteiger charge is -2.29. The highest BCUT2D eigenvalue weighted by Gasteiger charge is 2.28. The number of hydrogen-bond donors (Lipinski definition) is 2. The Kier molecular flexibility index (Phi) is 2.58. The lowest BCUT2D eigenvalue weighted by atomic mass is 9.80. The zero-order valence-electron chi connectivity index (χ0n) is 10.8. The third-order valence-electron chi connectivity index (χ3n) is 4.17. The van der Waals surface area contributed by atoms with Crippen LogP contribution in [0.4, 0.5) is 0 Å². The largest absolute Gasteiger partial charge is 0.342 e. The summed E-state index contributed by atoms with van der Waals surface area (Å²) >= 11 is 0. The van der Waals surface area contributed by atoms with E-state index in [0.29, 0.717) is 5.92 Å². The molecular formula is C14H17N5. The summed E-state index contributed by atoms with van der Waals surface area (Å²) in [6.45, 7) is 1.92. The highest BCUT2D eigenvalue weighted by Crippen LogP contribution is 2.38. The average Bonchev–Trinajstić information content (AvgIpc) is 2.90. The Labute approximate surface area is 111 Å². The number of imidazole rings is 1. The van der Waals surface area contributed by atoms with Gasteiger partial charge in [-0.3, -0.25) is 0 Å². The van der Waals surface area contributed by atoms with Crippen LogP contribution in [0.25, 0.3) is 11.6 Å². The molecule has 2 N–H and O–H groups in total. The van der Waals surface area contributed by atoms with E-state index in [2.05, 4.69) is 15.3 Å². The molecule has 0 radical (unpaired) electrons.